The van der Waals surface area contributed by atoms with Gasteiger partial charge >= 0.3 is 12.0 Å². The van der Waals surface area contributed by atoms with Crippen LogP contribution in [0.5, 0.6) is 5.75 Å². The van der Waals surface area contributed by atoms with Crippen molar-refractivity contribution in [3.63, 3.8) is 0 Å². The van der Waals surface area contributed by atoms with Crippen molar-refractivity contribution in [3.05, 3.63) is 26.7 Å². The molecule has 0 radical (unpaired) electrons. The van der Waals surface area contributed by atoms with Gasteiger partial charge in [0.05, 0.1) is 4.92 Å². The van der Waals surface area contributed by atoms with E-state index in [1.54, 1.807) is 0 Å². The minimum absolute atomic E-state index is 0.369. The molecule has 0 amide bonds. The Morgan fingerprint density at radius 3 is 2.26 bits per heavy atom. The molecule has 0 unspecified atom stereocenters. The molecule has 0 saturated heterocycles. The van der Waals surface area contributed by atoms with Gasteiger partial charge in [-0.2, -0.15) is 0 Å². The number of nitro benzene ring substituents is 1. The number of alkyl halides is 3. The molecular weight excluding hydrogens is 382 g/mol. The third kappa shape index (κ3) is 4.21. The summed E-state index contributed by atoms with van der Waals surface area (Å²) in [4.78, 5) is 8.64. The first-order valence-electron chi connectivity index (χ1n) is 4.10. The summed E-state index contributed by atoms with van der Waals surface area (Å²) >= 11 is 2.64. The monoisotopic (exact) mass is 383 g/mol. The molecule has 19 heavy (non-hydrogen) atoms. The van der Waals surface area contributed by atoms with Gasteiger partial charge in [0, 0.05) is 27.3 Å². The highest BCUT2D eigenvalue weighted by Gasteiger charge is 2.35. The number of benzene rings is 1. The van der Waals surface area contributed by atoms with Gasteiger partial charge in [-0.05, 0) is 15.9 Å². The van der Waals surface area contributed by atoms with Gasteiger partial charge in [-0.1, -0.05) is 0 Å². The van der Waals surface area contributed by atoms with E-state index in [0.29, 0.717) is 12.1 Å². The molecular formula is C7H2BrClF3NO5S. The minimum atomic E-state index is -5.16. The fraction of sp³-hybridized carbons (Fsp3) is 0.143. The van der Waals surface area contributed by atoms with Crippen LogP contribution in [0.25, 0.3) is 0 Å². The third-order valence-electron chi connectivity index (χ3n) is 1.70. The fourth-order valence-corrected chi connectivity index (χ4v) is 3.23. The van der Waals surface area contributed by atoms with E-state index in [-0.39, 0.29) is 0 Å². The van der Waals surface area contributed by atoms with Gasteiger partial charge in [-0.15, -0.1) is 13.2 Å². The smallest absolute Gasteiger partial charge is 0.398 e. The summed E-state index contributed by atoms with van der Waals surface area (Å²) < 4.78 is 61.3. The Balaban J connectivity index is 3.51. The second kappa shape index (κ2) is 5.13. The van der Waals surface area contributed by atoms with E-state index in [1.165, 1.54) is 0 Å². The van der Waals surface area contributed by atoms with Crippen molar-refractivity contribution in [1.29, 1.82) is 0 Å². The molecule has 0 aromatic heterocycles. The maximum Gasteiger partial charge on any atom is 0.573 e. The fourth-order valence-electron chi connectivity index (χ4n) is 1.06. The van der Waals surface area contributed by atoms with Crippen molar-refractivity contribution in [2.24, 2.45) is 0 Å². The van der Waals surface area contributed by atoms with Gasteiger partial charge in [-0.25, -0.2) is 8.42 Å². The topological polar surface area (TPSA) is 86.5 Å². The van der Waals surface area contributed by atoms with E-state index in [0.717, 1.165) is 0 Å². The zero-order valence-electron chi connectivity index (χ0n) is 8.44. The van der Waals surface area contributed by atoms with Crippen LogP contribution in [0.2, 0.25) is 0 Å². The summed E-state index contributed by atoms with van der Waals surface area (Å²) in [7, 11) is 0.617. The summed E-state index contributed by atoms with van der Waals surface area (Å²) in [5.74, 6) is -1.16. The van der Waals surface area contributed by atoms with Crippen molar-refractivity contribution in [2.75, 3.05) is 0 Å². The largest absolute Gasteiger partial charge is 0.573 e. The van der Waals surface area contributed by atoms with Crippen molar-refractivity contribution >= 4 is 41.4 Å². The van der Waals surface area contributed by atoms with Gasteiger partial charge in [0.25, 0.3) is 9.05 Å². The van der Waals surface area contributed by atoms with Gasteiger partial charge in [0.15, 0.2) is 0 Å². The molecule has 0 atom stereocenters. The Labute approximate surface area is 116 Å². The van der Waals surface area contributed by atoms with Crippen LogP contribution in [0.4, 0.5) is 18.9 Å². The molecule has 1 aromatic rings. The zero-order chi connectivity index (χ0) is 15.0. The molecule has 1 rings (SSSR count). The Hall–Kier alpha value is -1.07. The van der Waals surface area contributed by atoms with Crippen molar-refractivity contribution in [3.8, 4) is 5.75 Å². The molecule has 12 heteroatoms. The van der Waals surface area contributed by atoms with Crippen LogP contribution >= 0.6 is 26.6 Å². The molecule has 0 aliphatic carbocycles. The highest BCUT2D eigenvalue weighted by Crippen LogP contribution is 2.39. The van der Waals surface area contributed by atoms with Gasteiger partial charge < -0.3 is 4.74 Å². The van der Waals surface area contributed by atoms with E-state index in [9.17, 15) is 31.7 Å². The van der Waals surface area contributed by atoms with Crippen LogP contribution in [0, 0.1) is 10.1 Å². The molecule has 1 aromatic carbocycles. The van der Waals surface area contributed by atoms with E-state index in [1.807, 2.05) is 0 Å². The molecule has 0 heterocycles. The zero-order valence-corrected chi connectivity index (χ0v) is 11.6. The van der Waals surface area contributed by atoms with Gasteiger partial charge in [-0.3, -0.25) is 10.1 Å². The molecule has 6 nitrogen and oxygen atoms in total. The van der Waals surface area contributed by atoms with Crippen molar-refractivity contribution < 1.29 is 31.2 Å². The molecule has 0 aliphatic rings. The standard InChI is InChI=1S/C7H2BrClF3NO5S/c8-3-1-5(18-7(10,11)12)4(13(14)15)2-6(3)19(9,16)17/h1-2H. The van der Waals surface area contributed by atoms with Gasteiger partial charge in [0.1, 0.15) is 4.90 Å². The average molecular weight is 385 g/mol. The average Bonchev–Trinajstić information content (AvgIpc) is 2.11. The van der Waals surface area contributed by atoms with E-state index in [2.05, 4.69) is 20.7 Å². The summed E-state index contributed by atoms with van der Waals surface area (Å²) in [6.07, 6.45) is -5.16. The quantitative estimate of drug-likeness (QED) is 0.454. The number of halogens is 5. The van der Waals surface area contributed by atoms with Crippen LogP contribution in [-0.4, -0.2) is 19.7 Å². The molecule has 0 bridgehead atoms. The molecule has 0 N–H and O–H groups in total. The van der Waals surface area contributed by atoms with Crippen LogP contribution in [0.15, 0.2) is 21.5 Å². The Morgan fingerprint density at radius 1 is 1.37 bits per heavy atom. The van der Waals surface area contributed by atoms with Crippen LogP contribution < -0.4 is 4.74 Å². The van der Waals surface area contributed by atoms with Crippen LogP contribution in [0.1, 0.15) is 0 Å². The lowest BCUT2D eigenvalue weighted by Gasteiger charge is -2.10. The lowest BCUT2D eigenvalue weighted by molar-refractivity contribution is -0.388. The summed E-state index contributed by atoms with van der Waals surface area (Å²) in [5, 5.41) is 10.6. The molecule has 106 valence electrons. The highest BCUT2D eigenvalue weighted by molar-refractivity contribution is 9.10. The number of nitrogens with zero attached hydrogens (tertiary/aromatic N) is 1. The molecule has 0 aliphatic heterocycles. The maximum atomic E-state index is 12.0. The predicted octanol–water partition coefficient (Wildman–Crippen LogP) is 3.18. The van der Waals surface area contributed by atoms with E-state index >= 15 is 0 Å². The number of nitro groups is 1. The Bertz CT molecular complexity index is 632. The number of rotatable bonds is 3. The number of hydrogen-bond donors (Lipinski definition) is 0. The normalized spacial score (nSPS) is 12.3. The first-order valence-corrected chi connectivity index (χ1v) is 7.20. The van der Waals surface area contributed by atoms with Crippen molar-refractivity contribution in [2.45, 2.75) is 11.3 Å². The van der Waals surface area contributed by atoms with Crippen LogP contribution in [0.3, 0.4) is 0 Å². The first kappa shape index (κ1) is 16.0. The summed E-state index contributed by atoms with van der Waals surface area (Å²) in [5.41, 5.74) is -1.18. The molecule has 0 fully saturated rings. The lowest BCUT2D eigenvalue weighted by atomic mass is 10.3. The second-order valence-electron chi connectivity index (χ2n) is 2.99. The Morgan fingerprint density at radius 2 is 1.89 bits per heavy atom. The third-order valence-corrected chi connectivity index (χ3v) is 3.98. The molecule has 0 saturated carbocycles. The number of hydrogen-bond acceptors (Lipinski definition) is 5. The minimum Gasteiger partial charge on any atom is -0.398 e. The van der Waals surface area contributed by atoms with Crippen molar-refractivity contribution in [1.82, 2.24) is 0 Å². The maximum absolute atomic E-state index is 12.0. The summed E-state index contributed by atoms with van der Waals surface area (Å²) in [6.45, 7) is 0. The van der Waals surface area contributed by atoms with E-state index in [4.69, 9.17) is 10.7 Å². The highest BCUT2D eigenvalue weighted by atomic mass is 79.9. The predicted molar refractivity (Wildman–Crippen MR) is 60.5 cm³/mol. The summed E-state index contributed by atoms with van der Waals surface area (Å²) in [6, 6.07) is 0.869. The molecule has 0 spiro atoms. The second-order valence-corrected chi connectivity index (χ2v) is 6.38. The van der Waals surface area contributed by atoms with Crippen LogP contribution in [-0.2, 0) is 9.05 Å². The Kier molecular flexibility index (Phi) is 4.32. The van der Waals surface area contributed by atoms with Gasteiger partial charge in [0.2, 0.25) is 5.75 Å². The number of ether oxygens (including phenoxy) is 1. The SMILES string of the molecule is O=[N+]([O-])c1cc(S(=O)(=O)Cl)c(Br)cc1OC(F)(F)F. The first-order chi connectivity index (χ1) is 8.42. The lowest BCUT2D eigenvalue weighted by Crippen LogP contribution is -2.18. The van der Waals surface area contributed by atoms with E-state index < -0.39 is 41.1 Å².